The first kappa shape index (κ1) is 17.3. The van der Waals surface area contributed by atoms with Gasteiger partial charge in [0.05, 0.1) is 12.5 Å². The van der Waals surface area contributed by atoms with Crippen molar-refractivity contribution in [3.8, 4) is 0 Å². The van der Waals surface area contributed by atoms with E-state index in [4.69, 9.17) is 4.74 Å². The first-order valence-corrected chi connectivity index (χ1v) is 10.3. The van der Waals surface area contributed by atoms with E-state index >= 15 is 0 Å². The van der Waals surface area contributed by atoms with E-state index in [1.165, 1.54) is 24.8 Å². The zero-order valence-electron chi connectivity index (χ0n) is 16.0. The summed E-state index contributed by atoms with van der Waals surface area (Å²) in [5.41, 5.74) is 1.77. The van der Waals surface area contributed by atoms with Crippen LogP contribution in [0.4, 0.5) is 0 Å². The van der Waals surface area contributed by atoms with Crippen LogP contribution in [0.15, 0.2) is 11.6 Å². The van der Waals surface area contributed by atoms with Crippen molar-refractivity contribution < 1.29 is 14.3 Å². The Balaban J connectivity index is 1.61. The highest BCUT2D eigenvalue weighted by Crippen LogP contribution is 2.66. The summed E-state index contributed by atoms with van der Waals surface area (Å²) in [6.07, 6.45) is 10.5. The molecule has 3 heteroatoms. The lowest BCUT2D eigenvalue weighted by Crippen LogP contribution is -2.51. The third-order valence-electron chi connectivity index (χ3n) is 8.53. The summed E-state index contributed by atoms with van der Waals surface area (Å²) in [6.45, 7) is 7.18. The molecule has 3 saturated carbocycles. The highest BCUT2D eigenvalue weighted by molar-refractivity contribution is 5.91. The Kier molecular flexibility index (Phi) is 4.12. The molecule has 0 spiro atoms. The van der Waals surface area contributed by atoms with Gasteiger partial charge >= 0.3 is 5.97 Å². The number of ether oxygens (including phenoxy) is 1. The number of hydrogen-bond donors (Lipinski definition) is 0. The summed E-state index contributed by atoms with van der Waals surface area (Å²) in [5, 5.41) is 0. The van der Waals surface area contributed by atoms with Crippen LogP contribution in [0.25, 0.3) is 0 Å². The number of allylic oxidation sites excluding steroid dienone is 1. The van der Waals surface area contributed by atoms with Crippen LogP contribution >= 0.6 is 0 Å². The van der Waals surface area contributed by atoms with Gasteiger partial charge in [-0.15, -0.1) is 0 Å². The van der Waals surface area contributed by atoms with Crippen LogP contribution in [0.5, 0.6) is 0 Å². The van der Waals surface area contributed by atoms with Crippen LogP contribution in [0, 0.1) is 34.5 Å². The average molecular weight is 344 g/mol. The molecule has 0 bridgehead atoms. The third-order valence-corrected chi connectivity index (χ3v) is 8.53. The van der Waals surface area contributed by atoms with E-state index in [1.807, 2.05) is 13.0 Å². The Hall–Kier alpha value is -1.12. The molecule has 3 fully saturated rings. The molecule has 0 N–H and O–H groups in total. The molecular weight excluding hydrogens is 312 g/mol. The van der Waals surface area contributed by atoms with Gasteiger partial charge < -0.3 is 4.74 Å². The topological polar surface area (TPSA) is 43.4 Å². The maximum Gasteiger partial charge on any atom is 0.309 e. The van der Waals surface area contributed by atoms with Crippen LogP contribution in [0.3, 0.4) is 0 Å². The quantitative estimate of drug-likeness (QED) is 0.682. The van der Waals surface area contributed by atoms with E-state index in [2.05, 4.69) is 13.8 Å². The predicted molar refractivity (Wildman–Crippen MR) is 96.8 cm³/mol. The number of rotatable bonds is 2. The lowest BCUT2D eigenvalue weighted by atomic mass is 9.47. The first-order chi connectivity index (χ1) is 11.9. The van der Waals surface area contributed by atoms with Gasteiger partial charge in [-0.3, -0.25) is 9.59 Å². The Morgan fingerprint density at radius 3 is 2.68 bits per heavy atom. The minimum atomic E-state index is 0.0387. The van der Waals surface area contributed by atoms with Gasteiger partial charge in [-0.1, -0.05) is 19.4 Å². The van der Waals surface area contributed by atoms with E-state index in [0.29, 0.717) is 30.1 Å². The minimum absolute atomic E-state index is 0.0387. The first-order valence-electron chi connectivity index (χ1n) is 10.3. The lowest BCUT2D eigenvalue weighted by Gasteiger charge is -2.57. The molecule has 4 aliphatic rings. The van der Waals surface area contributed by atoms with Crippen LogP contribution in [0.1, 0.15) is 72.1 Å². The van der Waals surface area contributed by atoms with Crippen molar-refractivity contribution in [3.63, 3.8) is 0 Å². The zero-order valence-corrected chi connectivity index (χ0v) is 16.0. The number of hydrogen-bond acceptors (Lipinski definition) is 3. The second-order valence-electron chi connectivity index (χ2n) is 9.40. The van der Waals surface area contributed by atoms with E-state index < -0.39 is 0 Å². The molecule has 0 aromatic carbocycles. The summed E-state index contributed by atoms with van der Waals surface area (Å²) in [4.78, 5) is 24.4. The second-order valence-corrected chi connectivity index (χ2v) is 9.40. The van der Waals surface area contributed by atoms with E-state index in [-0.39, 0.29) is 22.7 Å². The maximum absolute atomic E-state index is 12.5. The Morgan fingerprint density at radius 2 is 1.92 bits per heavy atom. The predicted octanol–water partition coefficient (Wildman–Crippen LogP) is 4.70. The molecule has 4 rings (SSSR count). The number of fused-ring (bicyclic) bond motifs is 5. The Morgan fingerprint density at radius 1 is 1.12 bits per heavy atom. The molecule has 3 nitrogen and oxygen atoms in total. The van der Waals surface area contributed by atoms with E-state index in [1.54, 1.807) is 0 Å². The van der Waals surface area contributed by atoms with Crippen LogP contribution in [-0.2, 0) is 14.3 Å². The minimum Gasteiger partial charge on any atom is -0.466 e. The van der Waals surface area contributed by atoms with Crippen LogP contribution < -0.4 is 0 Å². The molecule has 0 aromatic heterocycles. The number of esters is 1. The Bertz CT molecular complexity index is 621. The normalized spacial score (nSPS) is 45.9. The SMILES string of the molecule is CCOC(=O)[C@H]1CC[C@H]2[C@@H]3CCC4=CC(=O)CC[C@]4(C)[C@H]3CC[C@]12C. The molecule has 0 radical (unpaired) electrons. The Labute approximate surface area is 151 Å². The lowest BCUT2D eigenvalue weighted by molar-refractivity contribution is -0.155. The fourth-order valence-electron chi connectivity index (χ4n) is 7.19. The third kappa shape index (κ3) is 2.44. The fourth-order valence-corrected chi connectivity index (χ4v) is 7.19. The largest absolute Gasteiger partial charge is 0.466 e. The van der Waals surface area contributed by atoms with Gasteiger partial charge in [0.1, 0.15) is 0 Å². The molecular formula is C22H32O3. The summed E-state index contributed by atoms with van der Waals surface area (Å²) in [6, 6.07) is 0. The monoisotopic (exact) mass is 344 g/mol. The number of ketones is 1. The van der Waals surface area contributed by atoms with Gasteiger partial charge in [-0.25, -0.2) is 0 Å². The fraction of sp³-hybridized carbons (Fsp3) is 0.818. The molecule has 0 amide bonds. The van der Waals surface area contributed by atoms with Crippen LogP contribution in [0.2, 0.25) is 0 Å². The molecule has 25 heavy (non-hydrogen) atoms. The smallest absolute Gasteiger partial charge is 0.309 e. The van der Waals surface area contributed by atoms with Gasteiger partial charge in [-0.2, -0.15) is 0 Å². The highest BCUT2D eigenvalue weighted by Gasteiger charge is 2.60. The van der Waals surface area contributed by atoms with E-state index in [0.717, 1.165) is 32.1 Å². The number of carbonyl (C=O) groups excluding carboxylic acids is 2. The van der Waals surface area contributed by atoms with Crippen LogP contribution in [-0.4, -0.2) is 18.4 Å². The van der Waals surface area contributed by atoms with Crippen molar-refractivity contribution in [3.05, 3.63) is 11.6 Å². The number of carbonyl (C=O) groups is 2. The van der Waals surface area contributed by atoms with Crippen molar-refractivity contribution in [2.75, 3.05) is 6.61 Å². The van der Waals surface area contributed by atoms with Crippen molar-refractivity contribution in [2.24, 2.45) is 34.5 Å². The molecule has 0 aromatic rings. The molecule has 0 unspecified atom stereocenters. The van der Waals surface area contributed by atoms with Crippen molar-refractivity contribution in [1.29, 1.82) is 0 Å². The van der Waals surface area contributed by atoms with Gasteiger partial charge in [0.15, 0.2) is 5.78 Å². The second kappa shape index (κ2) is 5.96. The highest BCUT2D eigenvalue weighted by atomic mass is 16.5. The summed E-state index contributed by atoms with van der Waals surface area (Å²) in [7, 11) is 0. The summed E-state index contributed by atoms with van der Waals surface area (Å²) < 4.78 is 5.41. The molecule has 0 heterocycles. The van der Waals surface area contributed by atoms with Gasteiger partial charge in [0.25, 0.3) is 0 Å². The molecule has 6 atom stereocenters. The molecule has 0 aliphatic heterocycles. The summed E-state index contributed by atoms with van der Waals surface area (Å²) in [5.74, 6) is 2.52. The average Bonchev–Trinajstić information content (AvgIpc) is 2.93. The molecule has 0 saturated heterocycles. The van der Waals surface area contributed by atoms with E-state index in [9.17, 15) is 9.59 Å². The molecule has 4 aliphatic carbocycles. The van der Waals surface area contributed by atoms with Crippen molar-refractivity contribution in [1.82, 2.24) is 0 Å². The molecule has 138 valence electrons. The van der Waals surface area contributed by atoms with Crippen molar-refractivity contribution in [2.45, 2.75) is 72.1 Å². The zero-order chi connectivity index (χ0) is 17.8. The summed E-state index contributed by atoms with van der Waals surface area (Å²) >= 11 is 0. The van der Waals surface area contributed by atoms with Crippen molar-refractivity contribution >= 4 is 11.8 Å². The van der Waals surface area contributed by atoms with Gasteiger partial charge in [0, 0.05) is 6.42 Å². The van der Waals surface area contributed by atoms with Gasteiger partial charge in [-0.05, 0) is 86.5 Å². The van der Waals surface area contributed by atoms with Gasteiger partial charge in [0.2, 0.25) is 0 Å². The maximum atomic E-state index is 12.5. The standard InChI is InChI=1S/C22H32O3/c1-4-25-20(24)19-8-7-17-16-6-5-14-13-15(23)9-11-21(14,2)18(16)10-12-22(17,19)3/h13,16-19H,4-12H2,1-3H3/t16-,17-,18-,19+,21-,22-/m0/s1.